The fraction of sp³-hybridized carbons (Fsp3) is 0.269. The van der Waals surface area contributed by atoms with Crippen molar-refractivity contribution < 1.29 is 27.4 Å². The maximum absolute atomic E-state index is 13.7. The monoisotopic (exact) mass is 532 g/mol. The number of methoxy groups -OCH3 is 2. The van der Waals surface area contributed by atoms with Crippen LogP contribution in [0.1, 0.15) is 25.5 Å². The molecule has 0 aliphatic carbocycles. The van der Waals surface area contributed by atoms with E-state index in [4.69, 9.17) is 25.8 Å². The number of ether oxygens (including phenoxy) is 3. The summed E-state index contributed by atoms with van der Waals surface area (Å²) in [4.78, 5) is 13.2. The van der Waals surface area contributed by atoms with Crippen molar-refractivity contribution in [1.29, 1.82) is 0 Å². The van der Waals surface area contributed by atoms with Crippen LogP contribution in [0.3, 0.4) is 0 Å². The third-order valence-corrected chi connectivity index (χ3v) is 7.43. The van der Waals surface area contributed by atoms with E-state index in [9.17, 15) is 13.2 Å². The lowest BCUT2D eigenvalue weighted by Gasteiger charge is -2.27. The van der Waals surface area contributed by atoms with Gasteiger partial charge in [-0.25, -0.2) is 8.42 Å². The molecule has 0 aromatic heterocycles. The van der Waals surface area contributed by atoms with E-state index >= 15 is 0 Å². The average Bonchev–Trinajstić information content (AvgIpc) is 2.87. The quantitative estimate of drug-likeness (QED) is 0.380. The standard InChI is InChI=1S/C26H29ClN2O6S/c1-5-35-25-9-7-6-8-23(25)29(36(31,32)21-13-10-19(27)11-14-21)17-26(30)28-18(2)22-16-20(33-3)12-15-24(22)34-4/h6-16,18H,5,17H2,1-4H3,(H,28,30)/t18-/m1/s1. The summed E-state index contributed by atoms with van der Waals surface area (Å²) in [6.45, 7) is 3.42. The second-order valence-electron chi connectivity index (χ2n) is 7.76. The molecule has 0 fully saturated rings. The molecule has 3 aromatic carbocycles. The summed E-state index contributed by atoms with van der Waals surface area (Å²) in [5.74, 6) is 0.990. The number of para-hydroxylation sites is 2. The number of nitrogens with zero attached hydrogens (tertiary/aromatic N) is 1. The minimum atomic E-state index is -4.14. The normalized spacial score (nSPS) is 11.9. The highest BCUT2D eigenvalue weighted by Crippen LogP contribution is 2.33. The van der Waals surface area contributed by atoms with Crippen LogP contribution in [0.5, 0.6) is 17.2 Å². The molecule has 0 aliphatic rings. The first-order valence-corrected chi connectivity index (χ1v) is 13.0. The number of hydrogen-bond donors (Lipinski definition) is 1. The summed E-state index contributed by atoms with van der Waals surface area (Å²) in [7, 11) is -1.06. The van der Waals surface area contributed by atoms with Gasteiger partial charge in [0, 0.05) is 10.6 Å². The van der Waals surface area contributed by atoms with E-state index < -0.39 is 28.5 Å². The Bertz CT molecular complexity index is 1300. The highest BCUT2D eigenvalue weighted by atomic mass is 35.5. The predicted octanol–water partition coefficient (Wildman–Crippen LogP) is 4.83. The molecule has 36 heavy (non-hydrogen) atoms. The number of hydrogen-bond acceptors (Lipinski definition) is 6. The lowest BCUT2D eigenvalue weighted by molar-refractivity contribution is -0.120. The van der Waals surface area contributed by atoms with Gasteiger partial charge in [0.15, 0.2) is 0 Å². The van der Waals surface area contributed by atoms with Gasteiger partial charge in [0.1, 0.15) is 23.8 Å². The van der Waals surface area contributed by atoms with E-state index in [0.717, 1.165) is 4.31 Å². The van der Waals surface area contributed by atoms with E-state index in [2.05, 4.69) is 5.32 Å². The van der Waals surface area contributed by atoms with Crippen molar-refractivity contribution in [2.24, 2.45) is 0 Å². The minimum absolute atomic E-state index is 0.00600. The van der Waals surface area contributed by atoms with Gasteiger partial charge in [-0.3, -0.25) is 9.10 Å². The Balaban J connectivity index is 1.96. The lowest BCUT2D eigenvalue weighted by atomic mass is 10.1. The second-order valence-corrected chi connectivity index (χ2v) is 10.1. The number of sulfonamides is 1. The molecular formula is C26H29ClN2O6S. The van der Waals surface area contributed by atoms with Gasteiger partial charge in [0.05, 0.1) is 37.5 Å². The fourth-order valence-corrected chi connectivity index (χ4v) is 5.20. The van der Waals surface area contributed by atoms with Crippen LogP contribution in [0.25, 0.3) is 0 Å². The minimum Gasteiger partial charge on any atom is -0.497 e. The molecule has 0 spiro atoms. The summed E-state index contributed by atoms with van der Waals surface area (Å²) in [6, 6.07) is 17.2. The highest BCUT2D eigenvalue weighted by Gasteiger charge is 2.30. The number of carbonyl (C=O) groups is 1. The van der Waals surface area contributed by atoms with Crippen LogP contribution in [0.15, 0.2) is 71.6 Å². The zero-order chi connectivity index (χ0) is 26.3. The predicted molar refractivity (Wildman–Crippen MR) is 140 cm³/mol. The van der Waals surface area contributed by atoms with Gasteiger partial charge >= 0.3 is 0 Å². The third kappa shape index (κ3) is 6.22. The molecular weight excluding hydrogens is 504 g/mol. The molecule has 3 rings (SSSR count). The van der Waals surface area contributed by atoms with Crippen molar-refractivity contribution in [3.8, 4) is 17.2 Å². The molecule has 3 aromatic rings. The van der Waals surface area contributed by atoms with Gasteiger partial charge < -0.3 is 19.5 Å². The molecule has 0 heterocycles. The van der Waals surface area contributed by atoms with Crippen LogP contribution in [-0.4, -0.2) is 41.7 Å². The first-order chi connectivity index (χ1) is 17.2. The van der Waals surface area contributed by atoms with Crippen LogP contribution in [0.2, 0.25) is 5.02 Å². The maximum atomic E-state index is 13.7. The highest BCUT2D eigenvalue weighted by molar-refractivity contribution is 7.92. The van der Waals surface area contributed by atoms with E-state index in [1.807, 2.05) is 0 Å². The molecule has 8 nitrogen and oxygen atoms in total. The van der Waals surface area contributed by atoms with Gasteiger partial charge in [-0.15, -0.1) is 0 Å². The summed E-state index contributed by atoms with van der Waals surface area (Å²) in [6.07, 6.45) is 0. The molecule has 0 saturated carbocycles. The Kier molecular flexibility index (Phi) is 9.06. The first-order valence-electron chi connectivity index (χ1n) is 11.2. The fourth-order valence-electron chi connectivity index (χ4n) is 3.65. The molecule has 0 unspecified atom stereocenters. The topological polar surface area (TPSA) is 94.2 Å². The Labute approximate surface area is 216 Å². The summed E-state index contributed by atoms with van der Waals surface area (Å²) in [5.41, 5.74) is 0.933. The van der Waals surface area contributed by atoms with Gasteiger partial charge in [0.25, 0.3) is 10.0 Å². The maximum Gasteiger partial charge on any atom is 0.264 e. The summed E-state index contributed by atoms with van der Waals surface area (Å²) >= 11 is 5.96. The van der Waals surface area contributed by atoms with Crippen molar-refractivity contribution in [2.75, 3.05) is 31.7 Å². The first kappa shape index (κ1) is 27.2. The van der Waals surface area contributed by atoms with E-state index in [1.54, 1.807) is 63.4 Å². The van der Waals surface area contributed by atoms with E-state index in [1.165, 1.54) is 31.4 Å². The molecule has 0 radical (unpaired) electrons. The zero-order valence-corrected chi connectivity index (χ0v) is 22.1. The van der Waals surface area contributed by atoms with Crippen LogP contribution in [-0.2, 0) is 14.8 Å². The number of rotatable bonds is 11. The van der Waals surface area contributed by atoms with E-state index in [0.29, 0.717) is 34.4 Å². The molecule has 0 aliphatic heterocycles. The Hall–Kier alpha value is -3.43. The van der Waals surface area contributed by atoms with Crippen molar-refractivity contribution in [3.05, 3.63) is 77.3 Å². The number of carbonyl (C=O) groups excluding carboxylic acids is 1. The number of amides is 1. The SMILES string of the molecule is CCOc1ccccc1N(CC(=O)N[C@H](C)c1cc(OC)ccc1OC)S(=O)(=O)c1ccc(Cl)cc1. The zero-order valence-electron chi connectivity index (χ0n) is 20.5. The number of nitrogens with one attached hydrogen (secondary N) is 1. The number of benzene rings is 3. The van der Waals surface area contributed by atoms with Crippen molar-refractivity contribution in [1.82, 2.24) is 5.32 Å². The van der Waals surface area contributed by atoms with Crippen molar-refractivity contribution in [3.63, 3.8) is 0 Å². The Morgan fingerprint density at radius 1 is 1.00 bits per heavy atom. The lowest BCUT2D eigenvalue weighted by Crippen LogP contribution is -2.41. The second kappa shape index (κ2) is 12.0. The van der Waals surface area contributed by atoms with Crippen LogP contribution < -0.4 is 23.8 Å². The summed E-state index contributed by atoms with van der Waals surface area (Å²) in [5, 5.41) is 3.26. The smallest absolute Gasteiger partial charge is 0.264 e. The number of anilines is 1. The average molecular weight is 533 g/mol. The molecule has 1 amide bonds. The molecule has 1 atom stereocenters. The van der Waals surface area contributed by atoms with E-state index in [-0.39, 0.29) is 10.6 Å². The van der Waals surface area contributed by atoms with Crippen LogP contribution in [0, 0.1) is 0 Å². The molecule has 10 heteroatoms. The Morgan fingerprint density at radius 2 is 1.69 bits per heavy atom. The van der Waals surface area contributed by atoms with Crippen LogP contribution in [0.4, 0.5) is 5.69 Å². The third-order valence-electron chi connectivity index (χ3n) is 5.40. The van der Waals surface area contributed by atoms with Gasteiger partial charge in [-0.1, -0.05) is 23.7 Å². The molecule has 0 bridgehead atoms. The van der Waals surface area contributed by atoms with Crippen molar-refractivity contribution >= 4 is 33.2 Å². The molecule has 0 saturated heterocycles. The molecule has 192 valence electrons. The number of halogens is 1. The van der Waals surface area contributed by atoms with Gasteiger partial charge in [-0.05, 0) is 68.4 Å². The summed E-state index contributed by atoms with van der Waals surface area (Å²) < 4.78 is 44.8. The molecule has 1 N–H and O–H groups in total. The van der Waals surface area contributed by atoms with Crippen LogP contribution >= 0.6 is 11.6 Å². The largest absolute Gasteiger partial charge is 0.497 e. The van der Waals surface area contributed by atoms with Gasteiger partial charge in [-0.2, -0.15) is 0 Å². The van der Waals surface area contributed by atoms with Crippen molar-refractivity contribution in [2.45, 2.75) is 24.8 Å². The van der Waals surface area contributed by atoms with Gasteiger partial charge in [0.2, 0.25) is 5.91 Å². The Morgan fingerprint density at radius 3 is 2.33 bits per heavy atom.